The van der Waals surface area contributed by atoms with Crippen molar-refractivity contribution in [3.8, 4) is 0 Å². The van der Waals surface area contributed by atoms with Crippen LogP contribution in [0.3, 0.4) is 0 Å². The Labute approximate surface area is 76.2 Å². The van der Waals surface area contributed by atoms with E-state index < -0.39 is 18.0 Å². The average Bonchev–Trinajstić information content (AvgIpc) is 2.08. The van der Waals surface area contributed by atoms with Crippen LogP contribution in [-0.4, -0.2) is 11.2 Å². The van der Waals surface area contributed by atoms with E-state index in [9.17, 15) is 4.39 Å². The number of aliphatic hydroxyl groups excluding tert-OH is 1. The van der Waals surface area contributed by atoms with E-state index in [2.05, 4.69) is 0 Å². The number of nitrogens with two attached hydrogens (primary N) is 2. The summed E-state index contributed by atoms with van der Waals surface area (Å²) >= 11 is 0. The van der Waals surface area contributed by atoms with Crippen molar-refractivity contribution in [1.29, 1.82) is 0 Å². The van der Waals surface area contributed by atoms with Crippen LogP contribution in [0.2, 0.25) is 0 Å². The van der Waals surface area contributed by atoms with Gasteiger partial charge in [0.2, 0.25) is 0 Å². The second-order valence-corrected chi connectivity index (χ2v) is 3.02. The molecular formula is C9H13FN2O. The third-order valence-electron chi connectivity index (χ3n) is 1.94. The molecule has 0 saturated carbocycles. The second kappa shape index (κ2) is 3.72. The summed E-state index contributed by atoms with van der Waals surface area (Å²) in [5.41, 5.74) is 11.2. The molecule has 72 valence electrons. The summed E-state index contributed by atoms with van der Waals surface area (Å²) in [6, 6.07) is 3.84. The first kappa shape index (κ1) is 9.95. The van der Waals surface area contributed by atoms with Gasteiger partial charge in [-0.3, -0.25) is 0 Å². The number of anilines is 1. The van der Waals surface area contributed by atoms with E-state index in [1.807, 2.05) is 0 Å². The summed E-state index contributed by atoms with van der Waals surface area (Å²) in [5, 5.41) is 9.16. The van der Waals surface area contributed by atoms with Crippen LogP contribution in [-0.2, 0) is 0 Å². The molecule has 0 amide bonds. The summed E-state index contributed by atoms with van der Waals surface area (Å²) in [6.07, 6.45) is -0.795. The van der Waals surface area contributed by atoms with Gasteiger partial charge in [-0.2, -0.15) is 0 Å². The van der Waals surface area contributed by atoms with Crippen molar-refractivity contribution in [3.63, 3.8) is 0 Å². The zero-order chi connectivity index (χ0) is 10.0. The number of halogens is 1. The molecule has 1 aromatic carbocycles. The fourth-order valence-corrected chi connectivity index (χ4v) is 1.09. The molecule has 0 spiro atoms. The van der Waals surface area contributed by atoms with Gasteiger partial charge in [-0.15, -0.1) is 0 Å². The molecule has 0 bridgehead atoms. The highest BCUT2D eigenvalue weighted by Crippen LogP contribution is 2.21. The van der Waals surface area contributed by atoms with E-state index in [1.165, 1.54) is 19.1 Å². The molecule has 5 N–H and O–H groups in total. The lowest BCUT2D eigenvalue weighted by Crippen LogP contribution is -2.24. The Bertz CT molecular complexity index is 302. The molecule has 0 radical (unpaired) electrons. The number of rotatable bonds is 2. The molecule has 0 heterocycles. The molecule has 3 nitrogen and oxygen atoms in total. The van der Waals surface area contributed by atoms with Gasteiger partial charge in [0.15, 0.2) is 5.82 Å². The monoisotopic (exact) mass is 184 g/mol. The maximum atomic E-state index is 13.3. The highest BCUT2D eigenvalue weighted by molar-refractivity contribution is 5.44. The predicted octanol–water partition coefficient (Wildman–Crippen LogP) is 0.789. The quantitative estimate of drug-likeness (QED) is 0.595. The lowest BCUT2D eigenvalue weighted by Gasteiger charge is -2.16. The normalized spacial score (nSPS) is 15.4. The van der Waals surface area contributed by atoms with Crippen LogP contribution in [0.4, 0.5) is 10.1 Å². The molecule has 0 aliphatic heterocycles. The Morgan fingerprint density at radius 1 is 1.46 bits per heavy atom. The summed E-state index contributed by atoms with van der Waals surface area (Å²) in [6.45, 7) is 1.51. The van der Waals surface area contributed by atoms with Crippen molar-refractivity contribution in [1.82, 2.24) is 0 Å². The Hall–Kier alpha value is -1.13. The van der Waals surface area contributed by atoms with Gasteiger partial charge in [0.1, 0.15) is 0 Å². The van der Waals surface area contributed by atoms with Gasteiger partial charge in [-0.1, -0.05) is 12.1 Å². The first-order valence-corrected chi connectivity index (χ1v) is 4.01. The number of hydrogen-bond acceptors (Lipinski definition) is 3. The zero-order valence-corrected chi connectivity index (χ0v) is 7.37. The third kappa shape index (κ3) is 1.96. The van der Waals surface area contributed by atoms with Crippen LogP contribution in [0.5, 0.6) is 0 Å². The summed E-state index contributed by atoms with van der Waals surface area (Å²) in [5.74, 6) is -0.545. The van der Waals surface area contributed by atoms with Gasteiger partial charge in [0.05, 0.1) is 17.8 Å². The van der Waals surface area contributed by atoms with Crippen molar-refractivity contribution in [3.05, 3.63) is 29.6 Å². The van der Waals surface area contributed by atoms with Gasteiger partial charge in [0.25, 0.3) is 0 Å². The van der Waals surface area contributed by atoms with Crippen LogP contribution >= 0.6 is 0 Å². The third-order valence-corrected chi connectivity index (χ3v) is 1.94. The van der Waals surface area contributed by atoms with Crippen LogP contribution in [0.1, 0.15) is 18.5 Å². The van der Waals surface area contributed by atoms with Gasteiger partial charge in [-0.25, -0.2) is 4.39 Å². The van der Waals surface area contributed by atoms with Gasteiger partial charge in [0, 0.05) is 5.56 Å². The summed E-state index contributed by atoms with van der Waals surface area (Å²) in [4.78, 5) is 0. The molecule has 0 aliphatic rings. The summed E-state index contributed by atoms with van der Waals surface area (Å²) in [7, 11) is 0. The molecule has 1 rings (SSSR count). The second-order valence-electron chi connectivity index (χ2n) is 3.02. The standard InChI is InChI=1S/C9H13FN2O/c1-5(13)9(12)6-3-2-4-7(11)8(6)10/h2-5,9,13H,11-12H2,1H3/t5?,9-/m1/s1. The van der Waals surface area contributed by atoms with E-state index in [1.54, 1.807) is 6.07 Å². The highest BCUT2D eigenvalue weighted by Gasteiger charge is 2.17. The van der Waals surface area contributed by atoms with Crippen LogP contribution in [0.25, 0.3) is 0 Å². The molecule has 0 aromatic heterocycles. The maximum Gasteiger partial charge on any atom is 0.150 e. The predicted molar refractivity (Wildman–Crippen MR) is 49.4 cm³/mol. The van der Waals surface area contributed by atoms with E-state index in [-0.39, 0.29) is 11.3 Å². The molecular weight excluding hydrogens is 171 g/mol. The molecule has 0 aliphatic carbocycles. The van der Waals surface area contributed by atoms with Crippen molar-refractivity contribution in [2.75, 3.05) is 5.73 Å². The molecule has 1 unspecified atom stereocenters. The minimum atomic E-state index is -0.795. The van der Waals surface area contributed by atoms with Crippen LogP contribution < -0.4 is 11.5 Å². The first-order chi connectivity index (χ1) is 6.04. The van der Waals surface area contributed by atoms with Gasteiger partial charge >= 0.3 is 0 Å². The molecule has 0 fully saturated rings. The lowest BCUT2D eigenvalue weighted by atomic mass is 10.0. The van der Waals surface area contributed by atoms with Gasteiger partial charge < -0.3 is 16.6 Å². The van der Waals surface area contributed by atoms with Crippen molar-refractivity contribution < 1.29 is 9.50 Å². The topological polar surface area (TPSA) is 72.3 Å². The largest absolute Gasteiger partial charge is 0.396 e. The minimum absolute atomic E-state index is 0.0496. The number of nitrogen functional groups attached to an aromatic ring is 1. The molecule has 13 heavy (non-hydrogen) atoms. The van der Waals surface area contributed by atoms with Crippen molar-refractivity contribution >= 4 is 5.69 Å². The van der Waals surface area contributed by atoms with E-state index in [0.717, 1.165) is 0 Å². The Morgan fingerprint density at radius 3 is 2.62 bits per heavy atom. The molecule has 1 aromatic rings. The van der Waals surface area contributed by atoms with Crippen LogP contribution in [0, 0.1) is 5.82 Å². The zero-order valence-electron chi connectivity index (χ0n) is 7.37. The fraction of sp³-hybridized carbons (Fsp3) is 0.333. The van der Waals surface area contributed by atoms with E-state index in [0.29, 0.717) is 0 Å². The molecule has 4 heteroatoms. The molecule has 0 saturated heterocycles. The van der Waals surface area contributed by atoms with Gasteiger partial charge in [-0.05, 0) is 13.0 Å². The number of benzene rings is 1. The fourth-order valence-electron chi connectivity index (χ4n) is 1.09. The Balaban J connectivity index is 3.07. The maximum absolute atomic E-state index is 13.3. The Morgan fingerprint density at radius 2 is 2.08 bits per heavy atom. The smallest absolute Gasteiger partial charge is 0.150 e. The lowest BCUT2D eigenvalue weighted by molar-refractivity contribution is 0.162. The summed E-state index contributed by atoms with van der Waals surface area (Å²) < 4.78 is 13.3. The number of hydrogen-bond donors (Lipinski definition) is 3. The SMILES string of the molecule is CC(O)[C@@H](N)c1cccc(N)c1F. The number of aliphatic hydroxyl groups is 1. The first-order valence-electron chi connectivity index (χ1n) is 4.01. The van der Waals surface area contributed by atoms with Crippen molar-refractivity contribution in [2.45, 2.75) is 19.1 Å². The highest BCUT2D eigenvalue weighted by atomic mass is 19.1. The van der Waals surface area contributed by atoms with Crippen molar-refractivity contribution in [2.24, 2.45) is 5.73 Å². The molecule has 2 atom stereocenters. The Kier molecular flexibility index (Phi) is 2.85. The van der Waals surface area contributed by atoms with Crippen LogP contribution in [0.15, 0.2) is 18.2 Å². The average molecular weight is 184 g/mol. The minimum Gasteiger partial charge on any atom is -0.396 e. The van der Waals surface area contributed by atoms with E-state index >= 15 is 0 Å². The van der Waals surface area contributed by atoms with E-state index in [4.69, 9.17) is 16.6 Å².